The molecule has 0 aromatic heterocycles. The fourth-order valence-corrected chi connectivity index (χ4v) is 1.90. The number of carbonyl (C=O) groups is 2. The molecule has 0 bridgehead atoms. The van der Waals surface area contributed by atoms with E-state index in [1.165, 1.54) is 19.2 Å². The quantitative estimate of drug-likeness (QED) is 0.616. The third-order valence-corrected chi connectivity index (χ3v) is 2.81. The van der Waals surface area contributed by atoms with Gasteiger partial charge in [-0.15, -0.1) is 0 Å². The smallest absolute Gasteiger partial charge is 0.340 e. The number of aldehydes is 1. The van der Waals surface area contributed by atoms with Gasteiger partial charge in [-0.2, -0.15) is 0 Å². The number of esters is 1. The molecule has 0 atom stereocenters. The molecule has 1 aromatic rings. The molecular weight excluding hydrogens is 271 g/mol. The van der Waals surface area contributed by atoms with Gasteiger partial charge in [0.2, 0.25) is 0 Å². The Bertz CT molecular complexity index is 390. The third kappa shape index (κ3) is 1.96. The number of benzene rings is 1. The van der Waals surface area contributed by atoms with Crippen LogP contribution in [0.25, 0.3) is 0 Å². The van der Waals surface area contributed by atoms with Crippen molar-refractivity contribution >= 4 is 39.8 Å². The van der Waals surface area contributed by atoms with Gasteiger partial charge in [0.15, 0.2) is 6.29 Å². The summed E-state index contributed by atoms with van der Waals surface area (Å²) in [4.78, 5) is 21.8. The molecule has 14 heavy (non-hydrogen) atoms. The fourth-order valence-electron chi connectivity index (χ4n) is 0.949. The molecule has 0 saturated carbocycles. The summed E-state index contributed by atoms with van der Waals surface area (Å²) in [7, 11) is 1.25. The highest BCUT2D eigenvalue weighted by atomic mass is 79.9. The minimum atomic E-state index is -0.578. The first kappa shape index (κ1) is 11.2. The number of halogens is 2. The summed E-state index contributed by atoms with van der Waals surface area (Å²) in [6.07, 6.45) is 0.632. The lowest BCUT2D eigenvalue weighted by Gasteiger charge is -2.06. The zero-order chi connectivity index (χ0) is 10.7. The van der Waals surface area contributed by atoms with Gasteiger partial charge in [0, 0.05) is 10.0 Å². The van der Waals surface area contributed by atoms with Crippen LogP contribution in [-0.4, -0.2) is 19.4 Å². The van der Waals surface area contributed by atoms with Crippen molar-refractivity contribution in [3.05, 3.63) is 32.8 Å². The van der Waals surface area contributed by atoms with Crippen LogP contribution in [0.15, 0.2) is 16.6 Å². The summed E-state index contributed by atoms with van der Waals surface area (Å²) in [5, 5.41) is 0.245. The fraction of sp³-hybridized carbons (Fsp3) is 0.111. The summed E-state index contributed by atoms with van der Waals surface area (Å²) in [5.41, 5.74) is 0.522. The van der Waals surface area contributed by atoms with Crippen molar-refractivity contribution in [3.8, 4) is 0 Å². The van der Waals surface area contributed by atoms with Crippen molar-refractivity contribution in [2.75, 3.05) is 7.11 Å². The van der Waals surface area contributed by atoms with Crippen LogP contribution in [0.4, 0.5) is 0 Å². The topological polar surface area (TPSA) is 43.4 Å². The van der Waals surface area contributed by atoms with Gasteiger partial charge in [0.05, 0.1) is 17.7 Å². The Morgan fingerprint density at radius 1 is 1.57 bits per heavy atom. The van der Waals surface area contributed by atoms with E-state index in [2.05, 4.69) is 20.7 Å². The average molecular weight is 278 g/mol. The average Bonchev–Trinajstić information content (AvgIpc) is 2.18. The van der Waals surface area contributed by atoms with Crippen molar-refractivity contribution < 1.29 is 14.3 Å². The van der Waals surface area contributed by atoms with E-state index in [9.17, 15) is 9.59 Å². The molecule has 0 aliphatic carbocycles. The molecule has 0 aliphatic rings. The molecule has 1 aromatic carbocycles. The van der Waals surface area contributed by atoms with Crippen LogP contribution >= 0.6 is 27.5 Å². The molecule has 0 amide bonds. The first-order chi connectivity index (χ1) is 6.61. The van der Waals surface area contributed by atoms with Gasteiger partial charge in [-0.3, -0.25) is 4.79 Å². The molecule has 5 heteroatoms. The van der Waals surface area contributed by atoms with Crippen LogP contribution in [0.2, 0.25) is 5.02 Å². The lowest BCUT2D eigenvalue weighted by molar-refractivity contribution is 0.0600. The van der Waals surface area contributed by atoms with E-state index in [-0.39, 0.29) is 10.6 Å². The van der Waals surface area contributed by atoms with Gasteiger partial charge in [-0.1, -0.05) is 11.6 Å². The maximum atomic E-state index is 11.3. The number of carbonyl (C=O) groups excluding carboxylic acids is 2. The summed E-state index contributed by atoms with van der Waals surface area (Å²) >= 11 is 8.90. The zero-order valence-corrected chi connectivity index (χ0v) is 9.55. The Hall–Kier alpha value is -0.870. The third-order valence-electron chi connectivity index (χ3n) is 1.64. The highest BCUT2D eigenvalue weighted by molar-refractivity contribution is 9.10. The van der Waals surface area contributed by atoms with E-state index < -0.39 is 5.97 Å². The van der Waals surface area contributed by atoms with Gasteiger partial charge in [-0.25, -0.2) is 4.79 Å². The van der Waals surface area contributed by atoms with Crippen molar-refractivity contribution in [2.45, 2.75) is 0 Å². The Labute approximate surface area is 94.1 Å². The van der Waals surface area contributed by atoms with E-state index in [0.717, 1.165) is 0 Å². The van der Waals surface area contributed by atoms with Crippen molar-refractivity contribution in [1.82, 2.24) is 0 Å². The molecule has 0 N–H and O–H groups in total. The van der Waals surface area contributed by atoms with Crippen LogP contribution in [0, 0.1) is 0 Å². The van der Waals surface area contributed by atoms with Gasteiger partial charge in [0.1, 0.15) is 0 Å². The van der Waals surface area contributed by atoms with Crippen LogP contribution in [0.3, 0.4) is 0 Å². The Kier molecular flexibility index (Phi) is 3.66. The number of ether oxygens (including phenoxy) is 1. The second-order valence-electron chi connectivity index (χ2n) is 2.44. The summed E-state index contributed by atoms with van der Waals surface area (Å²) in [5.74, 6) is -0.578. The standard InChI is InChI=1S/C9H6BrClO3/c1-14-9(13)7-6(11)3-2-5(4-12)8(7)10/h2-4H,1H3. The van der Waals surface area contributed by atoms with Gasteiger partial charge in [-0.05, 0) is 28.1 Å². The van der Waals surface area contributed by atoms with E-state index in [1.807, 2.05) is 0 Å². The van der Waals surface area contributed by atoms with Crippen LogP contribution in [0.5, 0.6) is 0 Å². The van der Waals surface area contributed by atoms with E-state index >= 15 is 0 Å². The maximum absolute atomic E-state index is 11.3. The molecular formula is C9H6BrClO3. The molecule has 0 spiro atoms. The summed E-state index contributed by atoms with van der Waals surface area (Å²) in [6.45, 7) is 0. The minimum absolute atomic E-state index is 0.166. The number of methoxy groups -OCH3 is 1. The predicted octanol–water partition coefficient (Wildman–Crippen LogP) is 2.70. The second-order valence-corrected chi connectivity index (χ2v) is 3.64. The lowest BCUT2D eigenvalue weighted by atomic mass is 10.1. The molecule has 0 radical (unpaired) electrons. The van der Waals surface area contributed by atoms with Gasteiger partial charge in [0.25, 0.3) is 0 Å². The Balaban J connectivity index is 3.39. The monoisotopic (exact) mass is 276 g/mol. The van der Waals surface area contributed by atoms with Crippen LogP contribution in [0.1, 0.15) is 20.7 Å². The second kappa shape index (κ2) is 4.57. The minimum Gasteiger partial charge on any atom is -0.465 e. The molecule has 0 saturated heterocycles. The molecule has 0 fully saturated rings. The molecule has 3 nitrogen and oxygen atoms in total. The van der Waals surface area contributed by atoms with Crippen LogP contribution < -0.4 is 0 Å². The van der Waals surface area contributed by atoms with Crippen molar-refractivity contribution in [2.24, 2.45) is 0 Å². The number of hydrogen-bond donors (Lipinski definition) is 0. The molecule has 0 unspecified atom stereocenters. The largest absolute Gasteiger partial charge is 0.465 e. The van der Waals surface area contributed by atoms with Crippen LogP contribution in [-0.2, 0) is 4.74 Å². The van der Waals surface area contributed by atoms with E-state index in [0.29, 0.717) is 16.3 Å². The molecule has 74 valence electrons. The first-order valence-electron chi connectivity index (χ1n) is 3.63. The summed E-state index contributed by atoms with van der Waals surface area (Å²) in [6, 6.07) is 2.99. The Morgan fingerprint density at radius 3 is 2.71 bits per heavy atom. The normalized spacial score (nSPS) is 9.64. The first-order valence-corrected chi connectivity index (χ1v) is 4.80. The lowest BCUT2D eigenvalue weighted by Crippen LogP contribution is -2.04. The highest BCUT2D eigenvalue weighted by Crippen LogP contribution is 2.28. The zero-order valence-electron chi connectivity index (χ0n) is 7.21. The Morgan fingerprint density at radius 2 is 2.21 bits per heavy atom. The molecule has 1 rings (SSSR count). The van der Waals surface area contributed by atoms with Crippen molar-refractivity contribution in [1.29, 1.82) is 0 Å². The van der Waals surface area contributed by atoms with Gasteiger partial charge < -0.3 is 4.74 Å². The predicted molar refractivity (Wildman–Crippen MR) is 55.9 cm³/mol. The SMILES string of the molecule is COC(=O)c1c(Cl)ccc(C=O)c1Br. The van der Waals surface area contributed by atoms with Crippen molar-refractivity contribution in [3.63, 3.8) is 0 Å². The maximum Gasteiger partial charge on any atom is 0.340 e. The molecule has 0 aliphatic heterocycles. The van der Waals surface area contributed by atoms with E-state index in [4.69, 9.17) is 11.6 Å². The molecule has 0 heterocycles. The van der Waals surface area contributed by atoms with E-state index in [1.54, 1.807) is 0 Å². The van der Waals surface area contributed by atoms with Gasteiger partial charge >= 0.3 is 5.97 Å². The highest BCUT2D eigenvalue weighted by Gasteiger charge is 2.17. The number of rotatable bonds is 2. The number of hydrogen-bond acceptors (Lipinski definition) is 3. The summed E-state index contributed by atoms with van der Waals surface area (Å²) < 4.78 is 4.88.